The molecule has 1 amide bonds. The molecule has 6 nitrogen and oxygen atoms in total. The molecule has 1 aromatic carbocycles. The van der Waals surface area contributed by atoms with Crippen LogP contribution in [0.25, 0.3) is 11.2 Å². The van der Waals surface area contributed by atoms with Gasteiger partial charge in [-0.25, -0.2) is 9.97 Å². The Morgan fingerprint density at radius 3 is 2.54 bits per heavy atom. The third-order valence-corrected chi connectivity index (χ3v) is 4.18. The van der Waals surface area contributed by atoms with Gasteiger partial charge in [0.1, 0.15) is 5.52 Å². The van der Waals surface area contributed by atoms with Gasteiger partial charge in [0.2, 0.25) is 0 Å². The zero-order valence-electron chi connectivity index (χ0n) is 13.1. The second kappa shape index (κ2) is 6.23. The van der Waals surface area contributed by atoms with Gasteiger partial charge in [0.25, 0.3) is 5.91 Å². The summed E-state index contributed by atoms with van der Waals surface area (Å²) in [6.45, 7) is 2.21. The second-order valence-corrected chi connectivity index (χ2v) is 5.82. The first-order chi connectivity index (χ1) is 11.8. The van der Waals surface area contributed by atoms with E-state index < -0.39 is 0 Å². The lowest BCUT2D eigenvalue weighted by Crippen LogP contribution is -2.17. The van der Waals surface area contributed by atoms with Crippen LogP contribution in [0, 0.1) is 0 Å². The van der Waals surface area contributed by atoms with E-state index in [0.29, 0.717) is 16.7 Å². The number of anilines is 2. The minimum absolute atomic E-state index is 0.205. The number of rotatable bonds is 3. The van der Waals surface area contributed by atoms with Gasteiger partial charge < -0.3 is 10.2 Å². The minimum atomic E-state index is -0.205. The normalized spacial score (nSPS) is 14.1. The van der Waals surface area contributed by atoms with Crippen LogP contribution in [0.5, 0.6) is 0 Å². The lowest BCUT2D eigenvalue weighted by atomic mass is 10.2. The van der Waals surface area contributed by atoms with Crippen LogP contribution in [0.4, 0.5) is 11.4 Å². The van der Waals surface area contributed by atoms with Gasteiger partial charge >= 0.3 is 0 Å². The largest absolute Gasteiger partial charge is 0.372 e. The summed E-state index contributed by atoms with van der Waals surface area (Å²) in [6, 6.07) is 9.65. The molecule has 1 fully saturated rings. The quantitative estimate of drug-likeness (QED) is 0.804. The summed E-state index contributed by atoms with van der Waals surface area (Å²) in [5.74, 6) is -0.205. The molecule has 0 bridgehead atoms. The lowest BCUT2D eigenvalue weighted by Gasteiger charge is -2.17. The van der Waals surface area contributed by atoms with Crippen molar-refractivity contribution in [3.8, 4) is 0 Å². The number of hydrogen-bond acceptors (Lipinski definition) is 5. The van der Waals surface area contributed by atoms with E-state index in [9.17, 15) is 4.79 Å². The van der Waals surface area contributed by atoms with Crippen LogP contribution in [0.1, 0.15) is 23.2 Å². The van der Waals surface area contributed by atoms with Crippen LogP contribution in [0.15, 0.2) is 48.9 Å². The number of hydrogen-bond donors (Lipinski definition) is 1. The smallest absolute Gasteiger partial charge is 0.257 e. The van der Waals surface area contributed by atoms with Crippen molar-refractivity contribution in [2.45, 2.75) is 12.8 Å². The van der Waals surface area contributed by atoms with Crippen LogP contribution >= 0.6 is 0 Å². The summed E-state index contributed by atoms with van der Waals surface area (Å²) in [6.07, 6.45) is 7.18. The van der Waals surface area contributed by atoms with Crippen LogP contribution in [0.2, 0.25) is 0 Å². The number of amides is 1. The van der Waals surface area contributed by atoms with E-state index in [0.717, 1.165) is 18.8 Å². The third kappa shape index (κ3) is 2.90. The number of pyridine rings is 1. The van der Waals surface area contributed by atoms with E-state index in [4.69, 9.17) is 0 Å². The number of carbonyl (C=O) groups excluding carboxylic acids is 1. The number of nitrogens with zero attached hydrogens (tertiary/aromatic N) is 4. The number of aromatic nitrogens is 3. The van der Waals surface area contributed by atoms with Gasteiger partial charge in [0, 0.05) is 43.1 Å². The molecule has 6 heteroatoms. The van der Waals surface area contributed by atoms with Crippen LogP contribution in [-0.2, 0) is 0 Å². The average molecular weight is 319 g/mol. The maximum Gasteiger partial charge on any atom is 0.257 e. The van der Waals surface area contributed by atoms with Crippen molar-refractivity contribution in [3.63, 3.8) is 0 Å². The zero-order chi connectivity index (χ0) is 16.4. The van der Waals surface area contributed by atoms with Crippen molar-refractivity contribution in [3.05, 3.63) is 54.5 Å². The van der Waals surface area contributed by atoms with Crippen molar-refractivity contribution < 1.29 is 4.79 Å². The molecule has 0 saturated carbocycles. The number of nitrogens with one attached hydrogen (secondary N) is 1. The molecule has 3 aromatic rings. The molecule has 1 aliphatic heterocycles. The predicted octanol–water partition coefficient (Wildman–Crippen LogP) is 2.88. The van der Waals surface area contributed by atoms with Gasteiger partial charge in [-0.3, -0.25) is 9.78 Å². The molecule has 0 aliphatic carbocycles. The Kier molecular flexibility index (Phi) is 3.78. The van der Waals surface area contributed by atoms with E-state index in [1.807, 2.05) is 24.3 Å². The molecule has 1 aliphatic rings. The van der Waals surface area contributed by atoms with Crippen molar-refractivity contribution in [2.24, 2.45) is 0 Å². The lowest BCUT2D eigenvalue weighted by molar-refractivity contribution is 0.102. The predicted molar refractivity (Wildman–Crippen MR) is 93.2 cm³/mol. The summed E-state index contributed by atoms with van der Waals surface area (Å²) < 4.78 is 0. The third-order valence-electron chi connectivity index (χ3n) is 4.18. The second-order valence-electron chi connectivity index (χ2n) is 5.82. The van der Waals surface area contributed by atoms with E-state index in [2.05, 4.69) is 25.2 Å². The van der Waals surface area contributed by atoms with Crippen molar-refractivity contribution in [1.82, 2.24) is 15.0 Å². The standard InChI is InChI=1S/C18H17N5O/c24-18(13-11-16-17(21-12-13)20-8-7-19-16)22-14-3-5-15(6-4-14)23-9-1-2-10-23/h3-8,11-12H,1-2,9-10H2,(H,22,24). The zero-order valence-corrected chi connectivity index (χ0v) is 13.1. The molecule has 0 atom stereocenters. The monoisotopic (exact) mass is 319 g/mol. The minimum Gasteiger partial charge on any atom is -0.372 e. The van der Waals surface area contributed by atoms with Gasteiger partial charge in [0.15, 0.2) is 5.65 Å². The Bertz CT molecular complexity index is 872. The van der Waals surface area contributed by atoms with Crippen molar-refractivity contribution >= 4 is 28.4 Å². The van der Waals surface area contributed by atoms with Crippen molar-refractivity contribution in [2.75, 3.05) is 23.3 Å². The fourth-order valence-corrected chi connectivity index (χ4v) is 2.92. The topological polar surface area (TPSA) is 71.0 Å². The molecule has 4 rings (SSSR count). The first-order valence-electron chi connectivity index (χ1n) is 8.03. The summed E-state index contributed by atoms with van der Waals surface area (Å²) in [5.41, 5.74) is 3.57. The van der Waals surface area contributed by atoms with Gasteiger partial charge in [-0.1, -0.05) is 0 Å². The Hall–Kier alpha value is -3.02. The Morgan fingerprint density at radius 1 is 1.00 bits per heavy atom. The number of fused-ring (bicyclic) bond motifs is 1. The van der Waals surface area contributed by atoms with Gasteiger partial charge in [-0.2, -0.15) is 0 Å². The fourth-order valence-electron chi connectivity index (χ4n) is 2.92. The van der Waals surface area contributed by atoms with E-state index in [1.165, 1.54) is 24.7 Å². The van der Waals surface area contributed by atoms with Crippen LogP contribution in [0.3, 0.4) is 0 Å². The van der Waals surface area contributed by atoms with E-state index in [1.54, 1.807) is 18.5 Å². The maximum atomic E-state index is 12.4. The van der Waals surface area contributed by atoms with E-state index >= 15 is 0 Å². The highest BCUT2D eigenvalue weighted by atomic mass is 16.1. The Morgan fingerprint density at radius 2 is 1.75 bits per heavy atom. The molecule has 24 heavy (non-hydrogen) atoms. The Balaban J connectivity index is 1.50. The number of benzene rings is 1. The Labute approximate surface area is 139 Å². The average Bonchev–Trinajstić information content (AvgIpc) is 3.16. The van der Waals surface area contributed by atoms with Crippen LogP contribution in [-0.4, -0.2) is 33.9 Å². The first-order valence-corrected chi connectivity index (χ1v) is 8.03. The molecule has 0 unspecified atom stereocenters. The highest BCUT2D eigenvalue weighted by Crippen LogP contribution is 2.22. The highest BCUT2D eigenvalue weighted by molar-refractivity contribution is 6.05. The van der Waals surface area contributed by atoms with Crippen LogP contribution < -0.4 is 10.2 Å². The summed E-state index contributed by atoms with van der Waals surface area (Å²) in [4.78, 5) is 27.2. The molecule has 1 N–H and O–H groups in total. The SMILES string of the molecule is O=C(Nc1ccc(N2CCCC2)cc1)c1cnc2nccnc2c1. The molecule has 0 radical (unpaired) electrons. The maximum absolute atomic E-state index is 12.4. The fraction of sp³-hybridized carbons (Fsp3) is 0.222. The number of carbonyl (C=O) groups is 1. The van der Waals surface area contributed by atoms with Gasteiger partial charge in [0.05, 0.1) is 5.56 Å². The van der Waals surface area contributed by atoms with Crippen molar-refractivity contribution in [1.29, 1.82) is 0 Å². The summed E-state index contributed by atoms with van der Waals surface area (Å²) >= 11 is 0. The highest BCUT2D eigenvalue weighted by Gasteiger charge is 2.13. The molecule has 0 spiro atoms. The summed E-state index contributed by atoms with van der Waals surface area (Å²) in [7, 11) is 0. The molecule has 120 valence electrons. The van der Waals surface area contributed by atoms with E-state index in [-0.39, 0.29) is 5.91 Å². The molecular formula is C18H17N5O. The summed E-state index contributed by atoms with van der Waals surface area (Å²) in [5, 5.41) is 2.90. The molecule has 1 saturated heterocycles. The van der Waals surface area contributed by atoms with Gasteiger partial charge in [-0.15, -0.1) is 0 Å². The molecule has 3 heterocycles. The molecule has 2 aromatic heterocycles. The van der Waals surface area contributed by atoms with Gasteiger partial charge in [-0.05, 0) is 43.2 Å². The first kappa shape index (κ1) is 14.6. The molecular weight excluding hydrogens is 302 g/mol.